The average molecular weight is 398 g/mol. The smallest absolute Gasteiger partial charge is 0.244 e. The minimum absolute atomic E-state index is 0.0206. The van der Waals surface area contributed by atoms with E-state index in [1.165, 1.54) is 19.4 Å². The SMILES string of the molecule is CN(C)C[C@]12CN(CC3CC3)C[C@H]1CN(S(=O)(=O)c1ccccc1Cl)C2. The van der Waals surface area contributed by atoms with E-state index in [2.05, 4.69) is 23.9 Å². The van der Waals surface area contributed by atoms with Gasteiger partial charge in [-0.1, -0.05) is 23.7 Å². The quantitative estimate of drug-likeness (QED) is 0.738. The van der Waals surface area contributed by atoms with Gasteiger partial charge in [0, 0.05) is 44.7 Å². The zero-order chi connectivity index (χ0) is 18.5. The largest absolute Gasteiger partial charge is 0.309 e. The van der Waals surface area contributed by atoms with Gasteiger partial charge in [-0.15, -0.1) is 0 Å². The third kappa shape index (κ3) is 3.42. The van der Waals surface area contributed by atoms with E-state index in [0.29, 0.717) is 24.0 Å². The van der Waals surface area contributed by atoms with Gasteiger partial charge in [0.25, 0.3) is 0 Å². The summed E-state index contributed by atoms with van der Waals surface area (Å²) in [6.07, 6.45) is 2.71. The van der Waals surface area contributed by atoms with E-state index >= 15 is 0 Å². The van der Waals surface area contributed by atoms with Crippen LogP contribution in [0.25, 0.3) is 0 Å². The number of nitrogens with zero attached hydrogens (tertiary/aromatic N) is 3. The Bertz CT molecular complexity index is 781. The van der Waals surface area contributed by atoms with Gasteiger partial charge in [0.1, 0.15) is 4.90 Å². The Morgan fingerprint density at radius 2 is 1.92 bits per heavy atom. The second-order valence-corrected chi connectivity index (χ2v) is 11.0. The number of likely N-dealkylation sites (tertiary alicyclic amines) is 1. The van der Waals surface area contributed by atoms with Crippen LogP contribution >= 0.6 is 11.6 Å². The van der Waals surface area contributed by atoms with Crippen molar-refractivity contribution < 1.29 is 8.42 Å². The average Bonchev–Trinajstić information content (AvgIpc) is 3.20. The number of fused-ring (bicyclic) bond motifs is 1. The maximum atomic E-state index is 13.2. The fraction of sp³-hybridized carbons (Fsp3) is 0.684. The van der Waals surface area contributed by atoms with Crippen molar-refractivity contribution in [3.05, 3.63) is 29.3 Å². The van der Waals surface area contributed by atoms with Gasteiger partial charge in [-0.05, 0) is 50.9 Å². The molecule has 0 amide bonds. The highest BCUT2D eigenvalue weighted by molar-refractivity contribution is 7.89. The number of sulfonamides is 1. The van der Waals surface area contributed by atoms with Gasteiger partial charge in [-0.2, -0.15) is 4.31 Å². The van der Waals surface area contributed by atoms with Crippen molar-refractivity contribution in [2.24, 2.45) is 17.3 Å². The standard InChI is InChI=1S/C19H28ClN3O2S/c1-21(2)12-19-13-22(9-15-7-8-15)10-16(19)11-23(14-19)26(24,25)18-6-4-3-5-17(18)20/h3-6,15-16H,7-14H2,1-2H3/t16-,19+/m0/s1. The molecule has 2 saturated heterocycles. The Balaban J connectivity index is 1.57. The summed E-state index contributed by atoms with van der Waals surface area (Å²) in [4.78, 5) is 5.02. The maximum absolute atomic E-state index is 13.2. The summed E-state index contributed by atoms with van der Waals surface area (Å²) in [5.74, 6) is 1.26. The van der Waals surface area contributed by atoms with Crippen molar-refractivity contribution in [2.75, 3.05) is 53.4 Å². The molecule has 0 bridgehead atoms. The molecule has 2 aliphatic heterocycles. The van der Waals surface area contributed by atoms with E-state index in [4.69, 9.17) is 11.6 Å². The first kappa shape index (κ1) is 18.7. The van der Waals surface area contributed by atoms with Crippen LogP contribution in [0, 0.1) is 17.3 Å². The molecule has 5 nitrogen and oxygen atoms in total. The van der Waals surface area contributed by atoms with Crippen LogP contribution in [-0.2, 0) is 10.0 Å². The lowest BCUT2D eigenvalue weighted by Gasteiger charge is -2.32. The molecule has 1 aliphatic carbocycles. The summed E-state index contributed by atoms with van der Waals surface area (Å²) in [5.41, 5.74) is 0.0206. The number of halogens is 1. The highest BCUT2D eigenvalue weighted by atomic mass is 35.5. The monoisotopic (exact) mass is 397 g/mol. The predicted molar refractivity (Wildman–Crippen MR) is 104 cm³/mol. The molecule has 144 valence electrons. The van der Waals surface area contributed by atoms with Crippen LogP contribution in [0.3, 0.4) is 0 Å². The first-order valence-corrected chi connectivity index (χ1v) is 11.2. The Hall–Kier alpha value is -0.660. The number of hydrogen-bond donors (Lipinski definition) is 0. The molecule has 0 spiro atoms. The molecule has 0 aromatic heterocycles. The Morgan fingerprint density at radius 3 is 2.58 bits per heavy atom. The predicted octanol–water partition coefficient (Wildman–Crippen LogP) is 2.23. The van der Waals surface area contributed by atoms with E-state index in [0.717, 1.165) is 25.6 Å². The summed E-state index contributed by atoms with van der Waals surface area (Å²) in [5, 5.41) is 0.307. The zero-order valence-corrected chi connectivity index (χ0v) is 17.1. The lowest BCUT2D eigenvalue weighted by Crippen LogP contribution is -2.43. The summed E-state index contributed by atoms with van der Waals surface area (Å²) in [6, 6.07) is 6.77. The number of rotatable bonds is 6. The summed E-state index contributed by atoms with van der Waals surface area (Å²) in [6.45, 7) is 5.31. The van der Waals surface area contributed by atoms with Crippen LogP contribution in [0.1, 0.15) is 12.8 Å². The van der Waals surface area contributed by atoms with Crippen molar-refractivity contribution in [1.29, 1.82) is 0 Å². The molecule has 3 fully saturated rings. The fourth-order valence-corrected chi connectivity index (χ4v) is 6.95. The fourth-order valence-electron chi connectivity index (χ4n) is 4.88. The molecule has 2 heterocycles. The van der Waals surface area contributed by atoms with E-state index in [9.17, 15) is 8.42 Å². The molecule has 0 radical (unpaired) electrons. The van der Waals surface area contributed by atoms with Crippen molar-refractivity contribution >= 4 is 21.6 Å². The molecule has 1 aromatic carbocycles. The van der Waals surface area contributed by atoms with Crippen LogP contribution in [-0.4, -0.2) is 75.9 Å². The van der Waals surface area contributed by atoms with Crippen LogP contribution in [0.15, 0.2) is 29.2 Å². The maximum Gasteiger partial charge on any atom is 0.244 e. The first-order chi connectivity index (χ1) is 12.3. The third-order valence-corrected chi connectivity index (χ3v) is 8.41. The van der Waals surface area contributed by atoms with E-state index in [1.54, 1.807) is 28.6 Å². The normalized spacial score (nSPS) is 30.2. The van der Waals surface area contributed by atoms with Gasteiger partial charge >= 0.3 is 0 Å². The molecule has 3 aliphatic rings. The molecule has 2 atom stereocenters. The third-order valence-electron chi connectivity index (χ3n) is 6.10. The molecule has 7 heteroatoms. The second-order valence-electron chi connectivity index (χ2n) is 8.66. The number of hydrogen-bond acceptors (Lipinski definition) is 4. The van der Waals surface area contributed by atoms with Gasteiger partial charge in [-0.25, -0.2) is 8.42 Å². The Labute approximate surface area is 162 Å². The van der Waals surface area contributed by atoms with E-state index in [-0.39, 0.29) is 10.3 Å². The van der Waals surface area contributed by atoms with Gasteiger partial charge < -0.3 is 9.80 Å². The minimum atomic E-state index is -3.55. The summed E-state index contributed by atoms with van der Waals surface area (Å²) >= 11 is 6.19. The van der Waals surface area contributed by atoms with E-state index < -0.39 is 10.0 Å². The van der Waals surface area contributed by atoms with Crippen molar-refractivity contribution in [1.82, 2.24) is 14.1 Å². The van der Waals surface area contributed by atoms with Gasteiger partial charge in [-0.3, -0.25) is 0 Å². The lowest BCUT2D eigenvalue weighted by atomic mass is 9.80. The molecular weight excluding hydrogens is 370 g/mol. The van der Waals surface area contributed by atoms with Gasteiger partial charge in [0.05, 0.1) is 5.02 Å². The van der Waals surface area contributed by atoms with Gasteiger partial charge in [0.2, 0.25) is 10.0 Å². The summed E-state index contributed by atoms with van der Waals surface area (Å²) in [7, 11) is 0.619. The first-order valence-electron chi connectivity index (χ1n) is 9.42. The highest BCUT2D eigenvalue weighted by Crippen LogP contribution is 2.46. The molecule has 0 N–H and O–H groups in total. The van der Waals surface area contributed by atoms with Crippen LogP contribution in [0.5, 0.6) is 0 Å². The Morgan fingerprint density at radius 1 is 1.19 bits per heavy atom. The molecule has 0 unspecified atom stereocenters. The van der Waals surface area contributed by atoms with Crippen LogP contribution < -0.4 is 0 Å². The topological polar surface area (TPSA) is 43.9 Å². The molecule has 26 heavy (non-hydrogen) atoms. The minimum Gasteiger partial charge on any atom is -0.309 e. The second kappa shape index (κ2) is 6.74. The molecule has 4 rings (SSSR count). The van der Waals surface area contributed by atoms with Gasteiger partial charge in [0.15, 0.2) is 0 Å². The lowest BCUT2D eigenvalue weighted by molar-refractivity contribution is 0.179. The molecule has 1 saturated carbocycles. The Kier molecular flexibility index (Phi) is 4.85. The molecule has 1 aromatic rings. The number of benzene rings is 1. The zero-order valence-electron chi connectivity index (χ0n) is 15.6. The van der Waals surface area contributed by atoms with Crippen LogP contribution in [0.4, 0.5) is 0 Å². The highest BCUT2D eigenvalue weighted by Gasteiger charge is 2.55. The van der Waals surface area contributed by atoms with Crippen molar-refractivity contribution in [2.45, 2.75) is 17.7 Å². The summed E-state index contributed by atoms with van der Waals surface area (Å²) < 4.78 is 28.1. The van der Waals surface area contributed by atoms with Crippen LogP contribution in [0.2, 0.25) is 5.02 Å². The van der Waals surface area contributed by atoms with Crippen molar-refractivity contribution in [3.8, 4) is 0 Å². The molecular formula is C19H28ClN3O2S. The van der Waals surface area contributed by atoms with E-state index in [1.807, 2.05) is 0 Å². The van der Waals surface area contributed by atoms with Crippen molar-refractivity contribution in [3.63, 3.8) is 0 Å².